The van der Waals surface area contributed by atoms with Gasteiger partial charge in [0.05, 0.1) is 18.4 Å². The Balaban J connectivity index is 1.78. The number of aryl methyl sites for hydroxylation is 2. The molecule has 2 aromatic carbocycles. The van der Waals surface area contributed by atoms with E-state index >= 15 is 0 Å². The van der Waals surface area contributed by atoms with Crippen LogP contribution in [0, 0.1) is 13.8 Å². The van der Waals surface area contributed by atoms with Crippen molar-refractivity contribution in [3.8, 4) is 5.69 Å². The van der Waals surface area contributed by atoms with Gasteiger partial charge in [0.25, 0.3) is 5.56 Å². The second kappa shape index (κ2) is 6.53. The van der Waals surface area contributed by atoms with Crippen LogP contribution in [0.4, 0.5) is 0 Å². The first-order chi connectivity index (χ1) is 12.5. The minimum absolute atomic E-state index is 0.0840. The lowest BCUT2D eigenvalue weighted by Gasteiger charge is -2.10. The maximum Gasteiger partial charge on any atom is 0.264 e. The number of benzene rings is 2. The zero-order valence-corrected chi connectivity index (χ0v) is 16.1. The standard InChI is InChI=1S/C20H17BrN4O/c1-13-3-4-14(2)15(9-13)11-24-12-22-19-18(20(24)26)10-23-25(19)17-7-5-16(21)6-8-17/h3-10,12H,11H2,1-2H3. The van der Waals surface area contributed by atoms with Crippen molar-refractivity contribution in [2.45, 2.75) is 20.4 Å². The van der Waals surface area contributed by atoms with Gasteiger partial charge in [-0.15, -0.1) is 0 Å². The summed E-state index contributed by atoms with van der Waals surface area (Å²) in [5.74, 6) is 0. The monoisotopic (exact) mass is 408 g/mol. The summed E-state index contributed by atoms with van der Waals surface area (Å²) in [4.78, 5) is 17.4. The quantitative estimate of drug-likeness (QED) is 0.514. The molecule has 0 atom stereocenters. The Morgan fingerprint density at radius 1 is 1.08 bits per heavy atom. The molecule has 0 unspecified atom stereocenters. The zero-order valence-electron chi connectivity index (χ0n) is 14.5. The summed E-state index contributed by atoms with van der Waals surface area (Å²) in [6.45, 7) is 4.60. The van der Waals surface area contributed by atoms with Gasteiger partial charge in [-0.2, -0.15) is 5.10 Å². The third-order valence-electron chi connectivity index (χ3n) is 4.47. The van der Waals surface area contributed by atoms with Crippen molar-refractivity contribution in [1.29, 1.82) is 0 Å². The summed E-state index contributed by atoms with van der Waals surface area (Å²) in [7, 11) is 0. The van der Waals surface area contributed by atoms with E-state index in [0.717, 1.165) is 21.3 Å². The summed E-state index contributed by atoms with van der Waals surface area (Å²) in [5, 5.41) is 4.88. The van der Waals surface area contributed by atoms with Crippen LogP contribution in [0.15, 0.2) is 64.3 Å². The van der Waals surface area contributed by atoms with Gasteiger partial charge in [-0.3, -0.25) is 9.36 Å². The largest absolute Gasteiger partial charge is 0.294 e. The Kier molecular flexibility index (Phi) is 4.20. The Hall–Kier alpha value is -2.73. The summed E-state index contributed by atoms with van der Waals surface area (Å²) in [5.41, 5.74) is 4.80. The maximum atomic E-state index is 12.9. The lowest BCUT2D eigenvalue weighted by atomic mass is 10.1. The first kappa shape index (κ1) is 16.7. The fraction of sp³-hybridized carbons (Fsp3) is 0.150. The van der Waals surface area contributed by atoms with Gasteiger partial charge in [0.2, 0.25) is 0 Å². The molecule has 2 heterocycles. The van der Waals surface area contributed by atoms with E-state index in [1.54, 1.807) is 21.8 Å². The Morgan fingerprint density at radius 2 is 1.85 bits per heavy atom. The van der Waals surface area contributed by atoms with Crippen LogP contribution in [-0.4, -0.2) is 19.3 Å². The molecule has 2 aromatic heterocycles. The smallest absolute Gasteiger partial charge is 0.264 e. The molecule has 4 aromatic rings. The van der Waals surface area contributed by atoms with Crippen LogP contribution in [0.2, 0.25) is 0 Å². The van der Waals surface area contributed by atoms with Crippen LogP contribution in [0.5, 0.6) is 0 Å². The Labute approximate surface area is 159 Å². The fourth-order valence-electron chi connectivity index (χ4n) is 2.99. The van der Waals surface area contributed by atoms with Crippen LogP contribution in [-0.2, 0) is 6.54 Å². The number of hydrogen-bond donors (Lipinski definition) is 0. The van der Waals surface area contributed by atoms with Crippen molar-refractivity contribution < 1.29 is 0 Å². The lowest BCUT2D eigenvalue weighted by Crippen LogP contribution is -2.21. The summed E-state index contributed by atoms with van der Waals surface area (Å²) < 4.78 is 4.31. The van der Waals surface area contributed by atoms with E-state index in [2.05, 4.69) is 58.1 Å². The number of halogens is 1. The number of nitrogens with zero attached hydrogens (tertiary/aromatic N) is 4. The highest BCUT2D eigenvalue weighted by Gasteiger charge is 2.12. The molecule has 0 radical (unpaired) electrons. The molecule has 6 heteroatoms. The molecule has 0 saturated heterocycles. The molecular formula is C20H17BrN4O. The molecule has 26 heavy (non-hydrogen) atoms. The topological polar surface area (TPSA) is 52.7 Å². The van der Waals surface area contributed by atoms with Crippen LogP contribution in [0.3, 0.4) is 0 Å². The van der Waals surface area contributed by atoms with Crippen molar-refractivity contribution in [3.63, 3.8) is 0 Å². The lowest BCUT2D eigenvalue weighted by molar-refractivity contribution is 0.741. The molecule has 0 aliphatic rings. The van der Waals surface area contributed by atoms with Gasteiger partial charge in [0.1, 0.15) is 11.7 Å². The molecule has 0 amide bonds. The second-order valence-corrected chi connectivity index (χ2v) is 7.29. The molecule has 4 rings (SSSR count). The summed E-state index contributed by atoms with van der Waals surface area (Å²) in [6.07, 6.45) is 3.19. The molecule has 130 valence electrons. The van der Waals surface area contributed by atoms with Gasteiger partial charge in [0.15, 0.2) is 5.65 Å². The molecule has 0 N–H and O–H groups in total. The van der Waals surface area contributed by atoms with Crippen LogP contribution in [0.1, 0.15) is 16.7 Å². The highest BCUT2D eigenvalue weighted by Crippen LogP contribution is 2.17. The van der Waals surface area contributed by atoms with Crippen molar-refractivity contribution in [1.82, 2.24) is 19.3 Å². The SMILES string of the molecule is Cc1ccc(C)c(Cn2cnc3c(cnn3-c3ccc(Br)cc3)c2=O)c1. The van der Waals surface area contributed by atoms with Gasteiger partial charge < -0.3 is 0 Å². The number of rotatable bonds is 3. The van der Waals surface area contributed by atoms with E-state index in [1.165, 1.54) is 5.56 Å². The van der Waals surface area contributed by atoms with Gasteiger partial charge in [-0.05, 0) is 49.2 Å². The third-order valence-corrected chi connectivity index (χ3v) is 5.00. The zero-order chi connectivity index (χ0) is 18.3. The predicted molar refractivity (Wildman–Crippen MR) is 106 cm³/mol. The van der Waals surface area contributed by atoms with Crippen molar-refractivity contribution >= 4 is 27.0 Å². The van der Waals surface area contributed by atoms with Crippen molar-refractivity contribution in [3.05, 3.63) is 86.5 Å². The van der Waals surface area contributed by atoms with Gasteiger partial charge >= 0.3 is 0 Å². The van der Waals surface area contributed by atoms with Crippen molar-refractivity contribution in [2.24, 2.45) is 0 Å². The number of hydrogen-bond acceptors (Lipinski definition) is 3. The van der Waals surface area contributed by atoms with Gasteiger partial charge in [0, 0.05) is 4.47 Å². The third kappa shape index (κ3) is 2.97. The molecule has 0 saturated carbocycles. The highest BCUT2D eigenvalue weighted by molar-refractivity contribution is 9.10. The van der Waals surface area contributed by atoms with E-state index < -0.39 is 0 Å². The van der Waals surface area contributed by atoms with E-state index in [0.29, 0.717) is 17.6 Å². The maximum absolute atomic E-state index is 12.9. The Bertz CT molecular complexity index is 1160. The van der Waals surface area contributed by atoms with Crippen LogP contribution < -0.4 is 5.56 Å². The van der Waals surface area contributed by atoms with Gasteiger partial charge in [-0.25, -0.2) is 9.67 Å². The average Bonchev–Trinajstić information content (AvgIpc) is 3.06. The minimum Gasteiger partial charge on any atom is -0.294 e. The van der Waals surface area contributed by atoms with E-state index in [4.69, 9.17) is 0 Å². The molecular weight excluding hydrogens is 392 g/mol. The van der Waals surface area contributed by atoms with Crippen LogP contribution >= 0.6 is 15.9 Å². The highest BCUT2D eigenvalue weighted by atomic mass is 79.9. The van der Waals surface area contributed by atoms with E-state index in [9.17, 15) is 4.79 Å². The van der Waals surface area contributed by atoms with E-state index in [-0.39, 0.29) is 5.56 Å². The number of aromatic nitrogens is 4. The van der Waals surface area contributed by atoms with Crippen LogP contribution in [0.25, 0.3) is 16.7 Å². The first-order valence-electron chi connectivity index (χ1n) is 8.28. The second-order valence-electron chi connectivity index (χ2n) is 6.38. The molecule has 0 aliphatic carbocycles. The molecule has 0 spiro atoms. The molecule has 0 bridgehead atoms. The van der Waals surface area contributed by atoms with E-state index in [1.807, 2.05) is 24.3 Å². The minimum atomic E-state index is -0.0840. The number of fused-ring (bicyclic) bond motifs is 1. The van der Waals surface area contributed by atoms with Gasteiger partial charge in [-0.1, -0.05) is 39.7 Å². The molecule has 0 aliphatic heterocycles. The average molecular weight is 409 g/mol. The fourth-order valence-corrected chi connectivity index (χ4v) is 3.25. The Morgan fingerprint density at radius 3 is 2.62 bits per heavy atom. The summed E-state index contributed by atoms with van der Waals surface area (Å²) >= 11 is 3.42. The van der Waals surface area contributed by atoms with Crippen molar-refractivity contribution in [2.75, 3.05) is 0 Å². The predicted octanol–water partition coefficient (Wildman–Crippen LogP) is 4.01. The summed E-state index contributed by atoms with van der Waals surface area (Å²) in [6, 6.07) is 14.0. The normalized spacial score (nSPS) is 11.2. The molecule has 5 nitrogen and oxygen atoms in total. The first-order valence-corrected chi connectivity index (χ1v) is 9.07. The molecule has 0 fully saturated rings.